The molecule has 0 heterocycles. The van der Waals surface area contributed by atoms with E-state index in [0.717, 1.165) is 49.8 Å². The van der Waals surface area contributed by atoms with Crippen molar-refractivity contribution >= 4 is 29.9 Å². The largest absolute Gasteiger partial charge is 0.493 e. The summed E-state index contributed by atoms with van der Waals surface area (Å²) in [6, 6.07) is 14.8. The molecule has 2 N–H and O–H groups in total. The number of methoxy groups -OCH3 is 1. The maximum atomic E-state index is 5.66. The Hall–Kier alpha value is -1.96. The molecule has 0 radical (unpaired) electrons. The van der Waals surface area contributed by atoms with Crippen LogP contribution in [0.4, 0.5) is 0 Å². The molecule has 2 aromatic carbocycles. The molecule has 0 bridgehead atoms. The fourth-order valence-corrected chi connectivity index (χ4v) is 3.63. The van der Waals surface area contributed by atoms with Gasteiger partial charge in [0.25, 0.3) is 0 Å². The number of hydrogen-bond donors (Lipinski definition) is 2. The van der Waals surface area contributed by atoms with Crippen molar-refractivity contribution in [3.05, 3.63) is 59.2 Å². The van der Waals surface area contributed by atoms with Crippen LogP contribution in [0.2, 0.25) is 0 Å². The van der Waals surface area contributed by atoms with Gasteiger partial charge in [0.1, 0.15) is 0 Å². The third-order valence-corrected chi connectivity index (χ3v) is 5.16. The lowest BCUT2D eigenvalue weighted by Gasteiger charge is -2.30. The van der Waals surface area contributed by atoms with Crippen molar-refractivity contribution in [1.29, 1.82) is 0 Å². The van der Waals surface area contributed by atoms with E-state index in [1.807, 2.05) is 20.0 Å². The van der Waals surface area contributed by atoms with Crippen molar-refractivity contribution in [3.63, 3.8) is 0 Å². The van der Waals surface area contributed by atoms with Gasteiger partial charge in [-0.15, -0.1) is 24.0 Å². The minimum Gasteiger partial charge on any atom is -0.493 e. The van der Waals surface area contributed by atoms with E-state index < -0.39 is 0 Å². The minimum atomic E-state index is 0. The number of aliphatic imine (C=N–C) groups is 1. The van der Waals surface area contributed by atoms with Crippen LogP contribution in [0, 0.1) is 0 Å². The molecule has 0 aliphatic heterocycles. The van der Waals surface area contributed by atoms with E-state index in [1.165, 1.54) is 16.7 Å². The molecule has 3 rings (SSSR count). The Morgan fingerprint density at radius 1 is 1.14 bits per heavy atom. The van der Waals surface area contributed by atoms with E-state index in [2.05, 4.69) is 52.0 Å². The third-order valence-electron chi connectivity index (χ3n) is 5.16. The number of nitrogens with one attached hydrogen (secondary N) is 2. The first-order valence-electron chi connectivity index (χ1n) is 10.1. The molecular weight excluding hydrogens is 477 g/mol. The van der Waals surface area contributed by atoms with E-state index in [-0.39, 0.29) is 24.0 Å². The van der Waals surface area contributed by atoms with Crippen molar-refractivity contribution in [2.75, 3.05) is 33.9 Å². The van der Waals surface area contributed by atoms with E-state index in [1.54, 1.807) is 7.11 Å². The Labute approximate surface area is 191 Å². The minimum absolute atomic E-state index is 0. The average Bonchev–Trinajstić information content (AvgIpc) is 2.70. The summed E-state index contributed by atoms with van der Waals surface area (Å²) in [4.78, 5) is 4.34. The number of halogens is 1. The number of benzene rings is 2. The first-order valence-corrected chi connectivity index (χ1v) is 10.1. The summed E-state index contributed by atoms with van der Waals surface area (Å²) < 4.78 is 11.0. The average molecular weight is 509 g/mol. The van der Waals surface area contributed by atoms with E-state index in [9.17, 15) is 0 Å². The van der Waals surface area contributed by atoms with Gasteiger partial charge in [0.05, 0.1) is 13.7 Å². The maximum absolute atomic E-state index is 5.66. The normalized spacial score (nSPS) is 14.9. The van der Waals surface area contributed by atoms with Crippen LogP contribution < -0.4 is 20.1 Å². The lowest BCUT2D eigenvalue weighted by atomic mass is 9.78. The van der Waals surface area contributed by atoms with E-state index in [4.69, 9.17) is 9.47 Å². The number of hydrogen-bond acceptors (Lipinski definition) is 3. The Morgan fingerprint density at radius 2 is 1.97 bits per heavy atom. The van der Waals surface area contributed by atoms with Crippen LogP contribution in [0.5, 0.6) is 11.5 Å². The van der Waals surface area contributed by atoms with Crippen LogP contribution in [0.3, 0.4) is 0 Å². The van der Waals surface area contributed by atoms with Crippen LogP contribution in [0.25, 0.3) is 0 Å². The van der Waals surface area contributed by atoms with Crippen LogP contribution in [-0.2, 0) is 12.8 Å². The van der Waals surface area contributed by atoms with E-state index >= 15 is 0 Å². The summed E-state index contributed by atoms with van der Waals surface area (Å²) in [5, 5.41) is 6.87. The van der Waals surface area contributed by atoms with Crippen LogP contribution in [-0.4, -0.2) is 39.8 Å². The number of ether oxygens (including phenoxy) is 2. The van der Waals surface area contributed by atoms with Crippen molar-refractivity contribution in [1.82, 2.24) is 10.6 Å². The maximum Gasteiger partial charge on any atom is 0.190 e. The van der Waals surface area contributed by atoms with Gasteiger partial charge in [0, 0.05) is 26.1 Å². The van der Waals surface area contributed by atoms with E-state index in [0.29, 0.717) is 12.5 Å². The molecule has 5 nitrogen and oxygen atoms in total. The molecule has 2 aromatic rings. The monoisotopic (exact) mass is 509 g/mol. The first-order chi connectivity index (χ1) is 13.7. The second kappa shape index (κ2) is 11.9. The molecule has 1 aliphatic carbocycles. The number of aryl methyl sites for hydroxylation is 1. The third kappa shape index (κ3) is 6.26. The molecule has 0 saturated carbocycles. The summed E-state index contributed by atoms with van der Waals surface area (Å²) in [6.07, 6.45) is 3.15. The van der Waals surface area contributed by atoms with Gasteiger partial charge < -0.3 is 20.1 Å². The summed E-state index contributed by atoms with van der Waals surface area (Å²) in [7, 11) is 3.49. The molecule has 0 amide bonds. The Kier molecular flexibility index (Phi) is 9.57. The lowest BCUT2D eigenvalue weighted by molar-refractivity contribution is 0.310. The molecular formula is C23H32IN3O2. The van der Waals surface area contributed by atoms with Crippen molar-refractivity contribution in [2.45, 2.75) is 32.1 Å². The van der Waals surface area contributed by atoms with Gasteiger partial charge in [-0.05, 0) is 55.0 Å². The SMILES string of the molecule is CCOc1cc(CCCNC(=NC)NCC2Cc3ccccc32)ccc1OC.I. The highest BCUT2D eigenvalue weighted by Gasteiger charge is 2.25. The summed E-state index contributed by atoms with van der Waals surface area (Å²) in [5.74, 6) is 3.06. The van der Waals surface area contributed by atoms with Crippen molar-refractivity contribution < 1.29 is 9.47 Å². The highest BCUT2D eigenvalue weighted by Crippen LogP contribution is 2.34. The first kappa shape index (κ1) is 23.3. The van der Waals surface area contributed by atoms with Gasteiger partial charge in [-0.3, -0.25) is 4.99 Å². The highest BCUT2D eigenvalue weighted by atomic mass is 127. The van der Waals surface area contributed by atoms with Gasteiger partial charge in [-0.2, -0.15) is 0 Å². The number of nitrogens with zero attached hydrogens (tertiary/aromatic N) is 1. The topological polar surface area (TPSA) is 54.9 Å². The number of rotatable bonds is 9. The van der Waals surface area contributed by atoms with Gasteiger partial charge in [0.2, 0.25) is 0 Å². The van der Waals surface area contributed by atoms with Gasteiger partial charge >= 0.3 is 0 Å². The van der Waals surface area contributed by atoms with Gasteiger partial charge in [-0.25, -0.2) is 0 Å². The van der Waals surface area contributed by atoms with Gasteiger partial charge in [0.15, 0.2) is 17.5 Å². The van der Waals surface area contributed by atoms with Crippen LogP contribution in [0.1, 0.15) is 36.0 Å². The van der Waals surface area contributed by atoms with Crippen molar-refractivity contribution in [2.24, 2.45) is 4.99 Å². The molecule has 0 fully saturated rings. The summed E-state index contributed by atoms with van der Waals surface area (Å²) >= 11 is 0. The van der Waals surface area contributed by atoms with Crippen LogP contribution >= 0.6 is 24.0 Å². The zero-order chi connectivity index (χ0) is 19.8. The number of guanidine groups is 1. The second-order valence-electron chi connectivity index (χ2n) is 7.00. The molecule has 1 aliphatic rings. The Morgan fingerprint density at radius 3 is 2.69 bits per heavy atom. The second-order valence-corrected chi connectivity index (χ2v) is 7.00. The smallest absolute Gasteiger partial charge is 0.190 e. The number of fused-ring (bicyclic) bond motifs is 1. The lowest BCUT2D eigenvalue weighted by Crippen LogP contribution is -2.41. The molecule has 29 heavy (non-hydrogen) atoms. The molecule has 0 saturated heterocycles. The summed E-state index contributed by atoms with van der Waals surface area (Å²) in [6.45, 7) is 4.41. The van der Waals surface area contributed by atoms with Gasteiger partial charge in [-0.1, -0.05) is 30.3 Å². The predicted octanol–water partition coefficient (Wildman–Crippen LogP) is 4.15. The zero-order valence-electron chi connectivity index (χ0n) is 17.5. The molecule has 158 valence electrons. The Balaban J connectivity index is 0.00000300. The fourth-order valence-electron chi connectivity index (χ4n) is 3.63. The van der Waals surface area contributed by atoms with Crippen molar-refractivity contribution in [3.8, 4) is 11.5 Å². The van der Waals surface area contributed by atoms with Crippen LogP contribution in [0.15, 0.2) is 47.5 Å². The molecule has 1 unspecified atom stereocenters. The Bertz CT molecular complexity index is 810. The molecule has 0 spiro atoms. The molecule has 0 aromatic heterocycles. The molecule has 6 heteroatoms. The standard InChI is InChI=1S/C23H31N3O2.HI/c1-4-28-22-14-17(11-12-21(22)27-3)8-7-13-25-23(24-2)26-16-19-15-18-9-5-6-10-20(18)19;/h5-6,9-12,14,19H,4,7-8,13,15-16H2,1-3H3,(H2,24,25,26);1H. The molecule has 1 atom stereocenters. The zero-order valence-corrected chi connectivity index (χ0v) is 19.9. The quantitative estimate of drug-likeness (QED) is 0.231. The fraction of sp³-hybridized carbons (Fsp3) is 0.435. The predicted molar refractivity (Wildman–Crippen MR) is 130 cm³/mol. The highest BCUT2D eigenvalue weighted by molar-refractivity contribution is 14.0. The summed E-state index contributed by atoms with van der Waals surface area (Å²) in [5.41, 5.74) is 4.19.